The Morgan fingerprint density at radius 3 is 2.30 bits per heavy atom. The molecule has 140 valence electrons. The predicted octanol–water partition coefficient (Wildman–Crippen LogP) is 5.44. The Hall–Kier alpha value is -2.95. The summed E-state index contributed by atoms with van der Waals surface area (Å²) < 4.78 is 5.85. The predicted molar refractivity (Wildman–Crippen MR) is 107 cm³/mol. The van der Waals surface area contributed by atoms with E-state index in [1.165, 1.54) is 5.56 Å². The van der Waals surface area contributed by atoms with Gasteiger partial charge in [0, 0.05) is 23.2 Å². The first-order valence-corrected chi connectivity index (χ1v) is 9.21. The molecule has 1 amide bonds. The average molecular weight is 363 g/mol. The number of carbonyl (C=O) groups is 1. The molecule has 5 nitrogen and oxygen atoms in total. The van der Waals surface area contributed by atoms with E-state index >= 15 is 0 Å². The molecule has 27 heavy (non-hydrogen) atoms. The van der Waals surface area contributed by atoms with Crippen LogP contribution >= 0.6 is 0 Å². The normalized spacial score (nSPS) is 11.4. The molecule has 3 rings (SSSR count). The van der Waals surface area contributed by atoms with Crippen molar-refractivity contribution in [3.8, 4) is 22.9 Å². The molecule has 0 bridgehead atoms. The highest BCUT2D eigenvalue weighted by Gasteiger charge is 2.15. The van der Waals surface area contributed by atoms with Gasteiger partial charge in [0.05, 0.1) is 0 Å². The first-order chi connectivity index (χ1) is 12.9. The van der Waals surface area contributed by atoms with Gasteiger partial charge in [-0.15, -0.1) is 10.2 Å². The van der Waals surface area contributed by atoms with Crippen LogP contribution in [0.25, 0.3) is 22.9 Å². The molecule has 0 spiro atoms. The molecule has 1 heterocycles. The molecular formula is C22H25N3O2. The largest absolute Gasteiger partial charge is 0.416 e. The van der Waals surface area contributed by atoms with E-state index in [2.05, 4.69) is 48.4 Å². The van der Waals surface area contributed by atoms with Crippen LogP contribution in [0.15, 0.2) is 52.9 Å². The summed E-state index contributed by atoms with van der Waals surface area (Å²) in [4.78, 5) is 11.8. The summed E-state index contributed by atoms with van der Waals surface area (Å²) in [7, 11) is 0. The average Bonchev–Trinajstić information content (AvgIpc) is 3.12. The fourth-order valence-corrected chi connectivity index (χ4v) is 2.75. The molecule has 0 aliphatic heterocycles. The molecule has 0 aliphatic rings. The number of hydrogen-bond acceptors (Lipinski definition) is 4. The minimum absolute atomic E-state index is 0.000179. The maximum Gasteiger partial charge on any atom is 0.248 e. The van der Waals surface area contributed by atoms with E-state index < -0.39 is 0 Å². The van der Waals surface area contributed by atoms with E-state index in [0.29, 0.717) is 18.2 Å². The molecule has 0 atom stereocenters. The van der Waals surface area contributed by atoms with Gasteiger partial charge < -0.3 is 9.73 Å². The summed E-state index contributed by atoms with van der Waals surface area (Å²) in [5.74, 6) is 0.905. The van der Waals surface area contributed by atoms with E-state index in [1.54, 1.807) is 0 Å². The van der Waals surface area contributed by atoms with Gasteiger partial charge in [-0.2, -0.15) is 0 Å². The first-order valence-electron chi connectivity index (χ1n) is 9.21. The summed E-state index contributed by atoms with van der Waals surface area (Å²) in [5, 5.41) is 11.2. The quantitative estimate of drug-likeness (QED) is 0.655. The number of benzene rings is 2. The maximum atomic E-state index is 11.8. The highest BCUT2D eigenvalue weighted by Crippen LogP contribution is 2.28. The van der Waals surface area contributed by atoms with Crippen LogP contribution in [0.3, 0.4) is 0 Å². The third-order valence-electron chi connectivity index (χ3n) is 4.29. The van der Waals surface area contributed by atoms with Crippen LogP contribution in [-0.2, 0) is 10.2 Å². The summed E-state index contributed by atoms with van der Waals surface area (Å²) >= 11 is 0. The maximum absolute atomic E-state index is 11.8. The standard InChI is InChI=1S/C22H25N3O2/c1-5-7-19(26)23-18-9-6-8-16(14-18)21-25-24-20(27-21)15-10-12-17(13-11-15)22(2,3)4/h6,8-14H,5,7H2,1-4H3,(H,23,26). The summed E-state index contributed by atoms with van der Waals surface area (Å²) in [6.45, 7) is 8.52. The smallest absolute Gasteiger partial charge is 0.248 e. The van der Waals surface area contributed by atoms with Gasteiger partial charge >= 0.3 is 0 Å². The molecule has 1 N–H and O–H groups in total. The molecule has 0 saturated heterocycles. The van der Waals surface area contributed by atoms with Crippen molar-refractivity contribution in [3.05, 3.63) is 54.1 Å². The molecule has 0 radical (unpaired) electrons. The summed E-state index contributed by atoms with van der Waals surface area (Å²) in [5.41, 5.74) is 3.73. The van der Waals surface area contributed by atoms with E-state index in [9.17, 15) is 4.79 Å². The Kier molecular flexibility index (Phi) is 5.40. The van der Waals surface area contributed by atoms with Crippen molar-refractivity contribution in [1.82, 2.24) is 10.2 Å². The van der Waals surface area contributed by atoms with Gasteiger partial charge in [-0.3, -0.25) is 4.79 Å². The number of anilines is 1. The molecule has 1 aromatic heterocycles. The third-order valence-corrected chi connectivity index (χ3v) is 4.29. The lowest BCUT2D eigenvalue weighted by Gasteiger charge is -2.18. The van der Waals surface area contributed by atoms with Crippen molar-refractivity contribution in [2.24, 2.45) is 0 Å². The number of aromatic nitrogens is 2. The minimum Gasteiger partial charge on any atom is -0.416 e. The molecule has 0 unspecified atom stereocenters. The minimum atomic E-state index is -0.000179. The summed E-state index contributed by atoms with van der Waals surface area (Å²) in [6, 6.07) is 15.6. The van der Waals surface area contributed by atoms with Gasteiger partial charge in [-0.25, -0.2) is 0 Å². The zero-order valence-electron chi connectivity index (χ0n) is 16.2. The Morgan fingerprint density at radius 2 is 1.67 bits per heavy atom. The van der Waals surface area contributed by atoms with E-state index in [-0.39, 0.29) is 11.3 Å². The van der Waals surface area contributed by atoms with Gasteiger partial charge in [0.15, 0.2) is 0 Å². The van der Waals surface area contributed by atoms with E-state index in [4.69, 9.17) is 4.42 Å². The van der Waals surface area contributed by atoms with E-state index in [0.717, 1.165) is 23.2 Å². The van der Waals surface area contributed by atoms with E-state index in [1.807, 2.05) is 43.3 Å². The van der Waals surface area contributed by atoms with Crippen LogP contribution in [0, 0.1) is 0 Å². The lowest BCUT2D eigenvalue weighted by Crippen LogP contribution is -2.10. The highest BCUT2D eigenvalue weighted by atomic mass is 16.4. The van der Waals surface area contributed by atoms with Crippen LogP contribution in [0.2, 0.25) is 0 Å². The van der Waals surface area contributed by atoms with Gasteiger partial charge in [0.25, 0.3) is 0 Å². The second-order valence-corrected chi connectivity index (χ2v) is 7.62. The molecule has 3 aromatic rings. The van der Waals surface area contributed by atoms with Crippen LogP contribution in [-0.4, -0.2) is 16.1 Å². The SMILES string of the molecule is CCCC(=O)Nc1cccc(-c2nnc(-c3ccc(C(C)(C)C)cc3)o2)c1. The second-order valence-electron chi connectivity index (χ2n) is 7.62. The van der Waals surface area contributed by atoms with Gasteiger partial charge in [-0.1, -0.05) is 45.9 Å². The number of carbonyl (C=O) groups excluding carboxylic acids is 1. The van der Waals surface area contributed by atoms with Crippen molar-refractivity contribution in [2.45, 2.75) is 46.0 Å². The van der Waals surface area contributed by atoms with Crippen molar-refractivity contribution >= 4 is 11.6 Å². The zero-order valence-corrected chi connectivity index (χ0v) is 16.2. The molecule has 0 aliphatic carbocycles. The lowest BCUT2D eigenvalue weighted by atomic mass is 9.87. The van der Waals surface area contributed by atoms with Crippen LogP contribution in [0.5, 0.6) is 0 Å². The van der Waals surface area contributed by atoms with Crippen molar-refractivity contribution in [2.75, 3.05) is 5.32 Å². The van der Waals surface area contributed by atoms with Crippen molar-refractivity contribution in [3.63, 3.8) is 0 Å². The second kappa shape index (κ2) is 7.74. The van der Waals surface area contributed by atoms with Crippen molar-refractivity contribution in [1.29, 1.82) is 0 Å². The van der Waals surface area contributed by atoms with Crippen LogP contribution in [0.1, 0.15) is 46.1 Å². The fraction of sp³-hybridized carbons (Fsp3) is 0.318. The third kappa shape index (κ3) is 4.61. The number of amides is 1. The molecule has 5 heteroatoms. The molecule has 0 fully saturated rings. The van der Waals surface area contributed by atoms with Gasteiger partial charge in [0.1, 0.15) is 0 Å². The highest BCUT2D eigenvalue weighted by molar-refractivity contribution is 5.91. The van der Waals surface area contributed by atoms with Crippen LogP contribution < -0.4 is 5.32 Å². The Balaban J connectivity index is 1.80. The number of rotatable bonds is 5. The van der Waals surface area contributed by atoms with Gasteiger partial charge in [-0.05, 0) is 47.7 Å². The topological polar surface area (TPSA) is 68.0 Å². The lowest BCUT2D eigenvalue weighted by molar-refractivity contribution is -0.116. The van der Waals surface area contributed by atoms with Crippen LogP contribution in [0.4, 0.5) is 5.69 Å². The van der Waals surface area contributed by atoms with Crippen molar-refractivity contribution < 1.29 is 9.21 Å². The number of hydrogen-bond donors (Lipinski definition) is 1. The number of nitrogens with one attached hydrogen (secondary N) is 1. The summed E-state index contributed by atoms with van der Waals surface area (Å²) in [6.07, 6.45) is 1.31. The molecule has 0 saturated carbocycles. The monoisotopic (exact) mass is 363 g/mol. The Bertz CT molecular complexity index is 921. The fourth-order valence-electron chi connectivity index (χ4n) is 2.75. The number of nitrogens with zero attached hydrogens (tertiary/aromatic N) is 2. The molecular weight excluding hydrogens is 338 g/mol. The molecule has 2 aromatic carbocycles. The first kappa shape index (κ1) is 18.8. The zero-order chi connectivity index (χ0) is 19.4. The van der Waals surface area contributed by atoms with Gasteiger partial charge in [0.2, 0.25) is 17.7 Å². The Morgan fingerprint density at radius 1 is 1.00 bits per heavy atom. The Labute approximate surface area is 159 Å².